The molecule has 108 valence electrons. The standard InChI is InChI=1S/C17H24N2O/c20-17(13-14-5-2-1-3-6-14)19-12-4-7-16(19)15-8-10-18-11-9-15/h1-3,5-6,15-16,18H,4,7-13H2. The molecule has 1 N–H and O–H groups in total. The predicted molar refractivity (Wildman–Crippen MR) is 80.5 cm³/mol. The minimum absolute atomic E-state index is 0.317. The van der Waals surface area contributed by atoms with E-state index in [2.05, 4.69) is 10.2 Å². The molecule has 1 atom stereocenters. The Hall–Kier alpha value is -1.35. The highest BCUT2D eigenvalue weighted by molar-refractivity contribution is 5.79. The summed E-state index contributed by atoms with van der Waals surface area (Å²) >= 11 is 0. The molecule has 2 fully saturated rings. The molecule has 0 saturated carbocycles. The number of amides is 1. The van der Waals surface area contributed by atoms with E-state index in [1.807, 2.05) is 30.3 Å². The second-order valence-electron chi connectivity index (χ2n) is 6.05. The molecule has 1 unspecified atom stereocenters. The van der Waals surface area contributed by atoms with Gasteiger partial charge in [-0.2, -0.15) is 0 Å². The van der Waals surface area contributed by atoms with E-state index in [4.69, 9.17) is 0 Å². The zero-order chi connectivity index (χ0) is 13.8. The van der Waals surface area contributed by atoms with Crippen LogP contribution >= 0.6 is 0 Å². The van der Waals surface area contributed by atoms with E-state index < -0.39 is 0 Å². The number of nitrogens with one attached hydrogen (secondary N) is 1. The molecule has 3 rings (SSSR count). The first-order chi connectivity index (χ1) is 9.84. The van der Waals surface area contributed by atoms with Gasteiger partial charge in [-0.1, -0.05) is 30.3 Å². The van der Waals surface area contributed by atoms with Crippen molar-refractivity contribution in [2.75, 3.05) is 19.6 Å². The number of piperidine rings is 1. The molecular formula is C17H24N2O. The van der Waals surface area contributed by atoms with E-state index >= 15 is 0 Å². The summed E-state index contributed by atoms with van der Waals surface area (Å²) in [6, 6.07) is 10.6. The van der Waals surface area contributed by atoms with E-state index in [0.717, 1.165) is 25.2 Å². The highest BCUT2D eigenvalue weighted by atomic mass is 16.2. The van der Waals surface area contributed by atoms with Gasteiger partial charge in [0, 0.05) is 12.6 Å². The molecule has 0 aliphatic carbocycles. The highest BCUT2D eigenvalue weighted by Crippen LogP contribution is 2.29. The van der Waals surface area contributed by atoms with Gasteiger partial charge in [0.1, 0.15) is 0 Å². The van der Waals surface area contributed by atoms with E-state index in [1.54, 1.807) is 0 Å². The third kappa shape index (κ3) is 3.04. The van der Waals surface area contributed by atoms with Gasteiger partial charge in [0.05, 0.1) is 6.42 Å². The Morgan fingerprint density at radius 2 is 1.90 bits per heavy atom. The van der Waals surface area contributed by atoms with Crippen molar-refractivity contribution >= 4 is 5.91 Å². The van der Waals surface area contributed by atoms with Gasteiger partial charge in [-0.05, 0) is 50.3 Å². The lowest BCUT2D eigenvalue weighted by Crippen LogP contribution is -2.44. The summed E-state index contributed by atoms with van der Waals surface area (Å²) in [6.45, 7) is 3.18. The minimum Gasteiger partial charge on any atom is -0.339 e. The van der Waals surface area contributed by atoms with Gasteiger partial charge < -0.3 is 10.2 Å². The lowest BCUT2D eigenvalue weighted by atomic mass is 9.88. The quantitative estimate of drug-likeness (QED) is 0.915. The van der Waals surface area contributed by atoms with Gasteiger partial charge in [-0.25, -0.2) is 0 Å². The average molecular weight is 272 g/mol. The fourth-order valence-electron chi connectivity index (χ4n) is 3.69. The van der Waals surface area contributed by atoms with Gasteiger partial charge in [0.25, 0.3) is 0 Å². The van der Waals surface area contributed by atoms with Crippen molar-refractivity contribution in [1.82, 2.24) is 10.2 Å². The molecule has 2 aliphatic rings. The fraction of sp³-hybridized carbons (Fsp3) is 0.588. The molecule has 2 saturated heterocycles. The summed E-state index contributed by atoms with van der Waals surface area (Å²) < 4.78 is 0. The zero-order valence-corrected chi connectivity index (χ0v) is 12.1. The van der Waals surface area contributed by atoms with Crippen LogP contribution in [0, 0.1) is 5.92 Å². The summed E-state index contributed by atoms with van der Waals surface area (Å²) in [5.41, 5.74) is 1.13. The van der Waals surface area contributed by atoms with Crippen molar-refractivity contribution in [2.45, 2.75) is 38.1 Å². The smallest absolute Gasteiger partial charge is 0.227 e. The van der Waals surface area contributed by atoms with Crippen molar-refractivity contribution in [3.8, 4) is 0 Å². The lowest BCUT2D eigenvalue weighted by Gasteiger charge is -2.34. The summed E-state index contributed by atoms with van der Waals surface area (Å²) in [5.74, 6) is 1.02. The normalized spacial score (nSPS) is 24.0. The maximum atomic E-state index is 12.6. The Bertz CT molecular complexity index is 440. The molecule has 3 nitrogen and oxygen atoms in total. The van der Waals surface area contributed by atoms with Gasteiger partial charge in [-0.15, -0.1) is 0 Å². The van der Waals surface area contributed by atoms with Crippen LogP contribution < -0.4 is 5.32 Å². The average Bonchev–Trinajstić information content (AvgIpc) is 2.99. The number of carbonyl (C=O) groups excluding carboxylic acids is 1. The molecule has 0 radical (unpaired) electrons. The van der Waals surface area contributed by atoms with Crippen LogP contribution in [0.4, 0.5) is 0 Å². The maximum Gasteiger partial charge on any atom is 0.227 e. The van der Waals surface area contributed by atoms with Crippen molar-refractivity contribution in [3.63, 3.8) is 0 Å². The van der Waals surface area contributed by atoms with Gasteiger partial charge in [0.2, 0.25) is 5.91 Å². The van der Waals surface area contributed by atoms with E-state index in [9.17, 15) is 4.79 Å². The van der Waals surface area contributed by atoms with Crippen LogP contribution in [0.25, 0.3) is 0 Å². The molecule has 1 aromatic carbocycles. The monoisotopic (exact) mass is 272 g/mol. The molecule has 2 heterocycles. The fourth-order valence-corrected chi connectivity index (χ4v) is 3.69. The number of nitrogens with zero attached hydrogens (tertiary/aromatic N) is 1. The van der Waals surface area contributed by atoms with Crippen LogP contribution in [0.15, 0.2) is 30.3 Å². The largest absolute Gasteiger partial charge is 0.339 e. The molecule has 1 amide bonds. The van der Waals surface area contributed by atoms with E-state index in [0.29, 0.717) is 24.3 Å². The number of hydrogen-bond acceptors (Lipinski definition) is 2. The topological polar surface area (TPSA) is 32.3 Å². The Morgan fingerprint density at radius 3 is 2.65 bits per heavy atom. The van der Waals surface area contributed by atoms with Crippen LogP contribution in [0.3, 0.4) is 0 Å². The summed E-state index contributed by atoms with van der Waals surface area (Å²) in [6.07, 6.45) is 5.38. The number of rotatable bonds is 3. The van der Waals surface area contributed by atoms with Crippen LogP contribution in [-0.4, -0.2) is 36.5 Å². The molecular weight excluding hydrogens is 248 g/mol. The third-order valence-corrected chi connectivity index (χ3v) is 4.75. The van der Waals surface area contributed by atoms with Gasteiger partial charge in [0.15, 0.2) is 0 Å². The molecule has 0 bridgehead atoms. The number of likely N-dealkylation sites (tertiary alicyclic amines) is 1. The third-order valence-electron chi connectivity index (χ3n) is 4.75. The Labute approximate surface area is 121 Å². The highest BCUT2D eigenvalue weighted by Gasteiger charge is 2.34. The summed E-state index contributed by atoms with van der Waals surface area (Å²) in [5, 5.41) is 3.42. The first kappa shape index (κ1) is 13.6. The number of hydrogen-bond donors (Lipinski definition) is 1. The second kappa shape index (κ2) is 6.40. The van der Waals surface area contributed by atoms with E-state index in [1.165, 1.54) is 25.7 Å². The van der Waals surface area contributed by atoms with Crippen molar-refractivity contribution < 1.29 is 4.79 Å². The van der Waals surface area contributed by atoms with Crippen LogP contribution in [-0.2, 0) is 11.2 Å². The first-order valence-electron chi connectivity index (χ1n) is 7.89. The van der Waals surface area contributed by atoms with Crippen molar-refractivity contribution in [3.05, 3.63) is 35.9 Å². The van der Waals surface area contributed by atoms with Crippen LogP contribution in [0.2, 0.25) is 0 Å². The van der Waals surface area contributed by atoms with Gasteiger partial charge >= 0.3 is 0 Å². The van der Waals surface area contributed by atoms with Gasteiger partial charge in [-0.3, -0.25) is 4.79 Å². The Morgan fingerprint density at radius 1 is 1.15 bits per heavy atom. The molecule has 3 heteroatoms. The summed E-state index contributed by atoms with van der Waals surface area (Å²) in [7, 11) is 0. The number of benzene rings is 1. The van der Waals surface area contributed by atoms with E-state index in [-0.39, 0.29) is 0 Å². The van der Waals surface area contributed by atoms with Crippen molar-refractivity contribution in [1.29, 1.82) is 0 Å². The lowest BCUT2D eigenvalue weighted by molar-refractivity contribution is -0.132. The number of carbonyl (C=O) groups is 1. The van der Waals surface area contributed by atoms with Crippen LogP contribution in [0.5, 0.6) is 0 Å². The molecule has 1 aromatic rings. The SMILES string of the molecule is O=C(Cc1ccccc1)N1CCCC1C1CCNCC1. The minimum atomic E-state index is 0.317. The molecule has 0 aromatic heterocycles. The predicted octanol–water partition coefficient (Wildman–Crippen LogP) is 2.22. The van der Waals surface area contributed by atoms with Crippen LogP contribution in [0.1, 0.15) is 31.2 Å². The Balaban J connectivity index is 1.64. The molecule has 20 heavy (non-hydrogen) atoms. The Kier molecular flexibility index (Phi) is 4.36. The van der Waals surface area contributed by atoms with Crippen molar-refractivity contribution in [2.24, 2.45) is 5.92 Å². The molecule has 0 spiro atoms. The molecule has 2 aliphatic heterocycles. The second-order valence-corrected chi connectivity index (χ2v) is 6.05. The first-order valence-corrected chi connectivity index (χ1v) is 7.89. The zero-order valence-electron chi connectivity index (χ0n) is 12.1. The summed E-state index contributed by atoms with van der Waals surface area (Å²) in [4.78, 5) is 14.7. The maximum absolute atomic E-state index is 12.6.